The zero-order valence-corrected chi connectivity index (χ0v) is 18.6. The molecule has 0 aliphatic carbocycles. The van der Waals surface area contributed by atoms with Crippen LogP contribution in [-0.2, 0) is 22.3 Å². The molecule has 1 saturated heterocycles. The molecular weight excluding hydrogens is 423 g/mol. The van der Waals surface area contributed by atoms with E-state index in [0.29, 0.717) is 5.56 Å². The average Bonchev–Trinajstić information content (AvgIpc) is 3.15. The van der Waals surface area contributed by atoms with Crippen LogP contribution in [0.1, 0.15) is 43.4 Å². The summed E-state index contributed by atoms with van der Waals surface area (Å²) in [6, 6.07) is 12.7. The number of hydrogen-bond acceptors (Lipinski definition) is 4. The number of alkyl halides is 3. The third-order valence-corrected chi connectivity index (χ3v) is 5.20. The SMILES string of the molecule is COC1CN(C(=O)OC(C)(C)C)CC1c1ccc(C(F)(F)F)cc1OCc1ccccc1. The molecule has 0 saturated carbocycles. The molecule has 0 N–H and O–H groups in total. The largest absolute Gasteiger partial charge is 0.489 e. The van der Waals surface area contributed by atoms with Gasteiger partial charge in [0.25, 0.3) is 0 Å². The third kappa shape index (κ3) is 5.94. The van der Waals surface area contributed by atoms with Gasteiger partial charge in [0.2, 0.25) is 0 Å². The van der Waals surface area contributed by atoms with Gasteiger partial charge in [-0.1, -0.05) is 36.4 Å². The Kier molecular flexibility index (Phi) is 7.03. The first-order chi connectivity index (χ1) is 15.0. The summed E-state index contributed by atoms with van der Waals surface area (Å²) in [5, 5.41) is 0. The van der Waals surface area contributed by atoms with Crippen molar-refractivity contribution in [2.24, 2.45) is 0 Å². The summed E-state index contributed by atoms with van der Waals surface area (Å²) < 4.78 is 57.0. The van der Waals surface area contributed by atoms with Crippen LogP contribution in [0.4, 0.5) is 18.0 Å². The van der Waals surface area contributed by atoms with Crippen LogP contribution in [0.15, 0.2) is 48.5 Å². The van der Waals surface area contributed by atoms with Crippen LogP contribution >= 0.6 is 0 Å². The Bertz CT molecular complexity index is 925. The summed E-state index contributed by atoms with van der Waals surface area (Å²) in [5.74, 6) is -0.234. The summed E-state index contributed by atoms with van der Waals surface area (Å²) in [4.78, 5) is 14.1. The quantitative estimate of drug-likeness (QED) is 0.591. The first kappa shape index (κ1) is 23.9. The number of rotatable bonds is 5. The van der Waals surface area contributed by atoms with Crippen LogP contribution in [-0.4, -0.2) is 42.9 Å². The van der Waals surface area contributed by atoms with Crippen LogP contribution in [0.5, 0.6) is 5.75 Å². The lowest BCUT2D eigenvalue weighted by Gasteiger charge is -2.24. The molecule has 2 aromatic rings. The third-order valence-electron chi connectivity index (χ3n) is 5.20. The number of methoxy groups -OCH3 is 1. The number of carbonyl (C=O) groups is 1. The van der Waals surface area contributed by atoms with E-state index in [4.69, 9.17) is 14.2 Å². The van der Waals surface area contributed by atoms with Crippen LogP contribution in [0.25, 0.3) is 0 Å². The number of halogens is 3. The van der Waals surface area contributed by atoms with Crippen molar-refractivity contribution in [3.8, 4) is 5.75 Å². The molecule has 0 aromatic heterocycles. The standard InChI is InChI=1S/C24H28F3NO4/c1-23(2,3)32-22(29)28-13-19(21(14-28)30-4)18-11-10-17(24(25,26)27)12-20(18)31-15-16-8-6-5-7-9-16/h5-12,19,21H,13-15H2,1-4H3. The van der Waals surface area contributed by atoms with Crippen LogP contribution in [0, 0.1) is 0 Å². The first-order valence-corrected chi connectivity index (χ1v) is 10.4. The minimum Gasteiger partial charge on any atom is -0.489 e. The van der Waals surface area contributed by atoms with E-state index in [2.05, 4.69) is 0 Å². The number of hydrogen-bond donors (Lipinski definition) is 0. The molecule has 2 aromatic carbocycles. The van der Waals surface area contributed by atoms with E-state index >= 15 is 0 Å². The molecule has 2 atom stereocenters. The molecule has 0 spiro atoms. The highest BCUT2D eigenvalue weighted by molar-refractivity contribution is 5.69. The highest BCUT2D eigenvalue weighted by atomic mass is 19.4. The van der Waals surface area contributed by atoms with Crippen LogP contribution in [0.2, 0.25) is 0 Å². The van der Waals surface area contributed by atoms with Crippen molar-refractivity contribution in [1.82, 2.24) is 4.90 Å². The van der Waals surface area contributed by atoms with Gasteiger partial charge in [0.15, 0.2) is 0 Å². The van der Waals surface area contributed by atoms with Gasteiger partial charge < -0.3 is 19.1 Å². The Morgan fingerprint density at radius 3 is 2.34 bits per heavy atom. The van der Waals surface area contributed by atoms with Gasteiger partial charge in [0.05, 0.1) is 18.2 Å². The van der Waals surface area contributed by atoms with Gasteiger partial charge >= 0.3 is 12.3 Å². The maximum atomic E-state index is 13.4. The van der Waals surface area contributed by atoms with E-state index in [0.717, 1.165) is 17.7 Å². The molecule has 174 valence electrons. The molecule has 5 nitrogen and oxygen atoms in total. The molecule has 2 unspecified atom stereocenters. The number of nitrogens with zero attached hydrogens (tertiary/aromatic N) is 1. The minimum atomic E-state index is -4.50. The maximum absolute atomic E-state index is 13.4. The number of benzene rings is 2. The maximum Gasteiger partial charge on any atom is 0.416 e. The molecule has 3 rings (SSSR count). The average molecular weight is 451 g/mol. The summed E-state index contributed by atoms with van der Waals surface area (Å²) in [5.41, 5.74) is -0.0520. The van der Waals surface area contributed by atoms with Crippen molar-refractivity contribution in [2.75, 3.05) is 20.2 Å². The number of amides is 1. The lowest BCUT2D eigenvalue weighted by molar-refractivity contribution is -0.137. The van der Waals surface area contributed by atoms with Gasteiger partial charge in [0.1, 0.15) is 18.0 Å². The molecule has 1 amide bonds. The fourth-order valence-corrected chi connectivity index (χ4v) is 3.66. The lowest BCUT2D eigenvalue weighted by Crippen LogP contribution is -2.36. The van der Waals surface area contributed by atoms with Gasteiger partial charge in [-0.25, -0.2) is 4.79 Å². The van der Waals surface area contributed by atoms with Crippen LogP contribution in [0.3, 0.4) is 0 Å². The van der Waals surface area contributed by atoms with E-state index in [1.807, 2.05) is 30.3 Å². The second-order valence-electron chi connectivity index (χ2n) is 8.79. The second kappa shape index (κ2) is 9.40. The van der Waals surface area contributed by atoms with Gasteiger partial charge in [0, 0.05) is 25.1 Å². The number of ether oxygens (including phenoxy) is 3. The molecule has 1 heterocycles. The molecule has 32 heavy (non-hydrogen) atoms. The Hall–Kier alpha value is -2.74. The molecule has 0 bridgehead atoms. The zero-order chi connectivity index (χ0) is 23.5. The summed E-state index contributed by atoms with van der Waals surface area (Å²) in [7, 11) is 1.52. The van der Waals surface area contributed by atoms with E-state index in [9.17, 15) is 18.0 Å². The minimum absolute atomic E-state index is 0.120. The monoisotopic (exact) mass is 451 g/mol. The smallest absolute Gasteiger partial charge is 0.416 e. The first-order valence-electron chi connectivity index (χ1n) is 10.4. The normalized spacial score (nSPS) is 19.2. The lowest BCUT2D eigenvalue weighted by atomic mass is 9.94. The van der Waals surface area contributed by atoms with Gasteiger partial charge in [-0.2, -0.15) is 13.2 Å². The Balaban J connectivity index is 1.89. The molecule has 0 radical (unpaired) electrons. The van der Waals surface area contributed by atoms with Gasteiger partial charge in [-0.05, 0) is 38.5 Å². The molecular formula is C24H28F3NO4. The predicted octanol–water partition coefficient (Wildman–Crippen LogP) is 5.63. The topological polar surface area (TPSA) is 48.0 Å². The second-order valence-corrected chi connectivity index (χ2v) is 8.79. The Labute approximate surface area is 186 Å². The Morgan fingerprint density at radius 1 is 1.06 bits per heavy atom. The number of carbonyl (C=O) groups excluding carboxylic acids is 1. The fourth-order valence-electron chi connectivity index (χ4n) is 3.66. The van der Waals surface area contributed by atoms with E-state index in [1.54, 1.807) is 20.8 Å². The fraction of sp³-hybridized carbons (Fsp3) is 0.458. The Morgan fingerprint density at radius 2 is 1.75 bits per heavy atom. The van der Waals surface area contributed by atoms with Crippen molar-refractivity contribution >= 4 is 6.09 Å². The molecule has 1 aliphatic rings. The number of likely N-dealkylation sites (tertiary alicyclic amines) is 1. The molecule has 1 aliphatic heterocycles. The van der Waals surface area contributed by atoms with E-state index in [-0.39, 0.29) is 31.4 Å². The van der Waals surface area contributed by atoms with Crippen molar-refractivity contribution in [1.29, 1.82) is 0 Å². The summed E-state index contributed by atoms with van der Waals surface area (Å²) in [6.07, 6.45) is -5.39. The van der Waals surface area contributed by atoms with Crippen molar-refractivity contribution in [2.45, 2.75) is 51.2 Å². The van der Waals surface area contributed by atoms with Crippen molar-refractivity contribution < 1.29 is 32.2 Å². The highest BCUT2D eigenvalue weighted by Crippen LogP contribution is 2.40. The van der Waals surface area contributed by atoms with Gasteiger partial charge in [-0.15, -0.1) is 0 Å². The van der Waals surface area contributed by atoms with E-state index < -0.39 is 29.5 Å². The summed E-state index contributed by atoms with van der Waals surface area (Å²) >= 11 is 0. The summed E-state index contributed by atoms with van der Waals surface area (Å²) in [6.45, 7) is 5.97. The predicted molar refractivity (Wildman–Crippen MR) is 114 cm³/mol. The van der Waals surface area contributed by atoms with Gasteiger partial charge in [-0.3, -0.25) is 0 Å². The molecule has 1 fully saturated rings. The van der Waals surface area contributed by atoms with Crippen molar-refractivity contribution in [3.63, 3.8) is 0 Å². The molecule has 8 heteroatoms. The van der Waals surface area contributed by atoms with Crippen molar-refractivity contribution in [3.05, 3.63) is 65.2 Å². The van der Waals surface area contributed by atoms with E-state index in [1.165, 1.54) is 18.1 Å². The highest BCUT2D eigenvalue weighted by Gasteiger charge is 2.40. The van der Waals surface area contributed by atoms with Crippen LogP contribution < -0.4 is 4.74 Å². The zero-order valence-electron chi connectivity index (χ0n) is 18.6.